The topological polar surface area (TPSA) is 79.3 Å². The zero-order valence-corrected chi connectivity index (χ0v) is 13.8. The summed E-state index contributed by atoms with van der Waals surface area (Å²) in [5.41, 5.74) is 5.13. The lowest BCUT2D eigenvalue weighted by Gasteiger charge is -2.01. The smallest absolute Gasteiger partial charge is 0.309 e. The Morgan fingerprint density at radius 1 is 1.12 bits per heavy atom. The molecule has 1 N–H and O–H groups in total. The van der Waals surface area contributed by atoms with E-state index < -0.39 is 5.97 Å². The van der Waals surface area contributed by atoms with Gasteiger partial charge in [-0.15, -0.1) is 10.2 Å². The van der Waals surface area contributed by atoms with Crippen molar-refractivity contribution >= 4 is 23.1 Å². The summed E-state index contributed by atoms with van der Waals surface area (Å²) in [5.74, 6) is -0.493. The Morgan fingerprint density at radius 2 is 1.92 bits per heavy atom. The van der Waals surface area contributed by atoms with Gasteiger partial charge in [0, 0.05) is 6.20 Å². The molecule has 0 fully saturated rings. The van der Waals surface area contributed by atoms with Crippen LogP contribution < -0.4 is 0 Å². The van der Waals surface area contributed by atoms with Crippen molar-refractivity contribution < 1.29 is 9.90 Å². The first-order chi connectivity index (χ1) is 11.4. The molecule has 3 rings (SSSR count). The molecule has 0 atom stereocenters. The molecule has 0 aliphatic rings. The summed E-state index contributed by atoms with van der Waals surface area (Å²) in [5, 5.41) is 17.7. The van der Waals surface area contributed by atoms with Crippen molar-refractivity contribution in [2.45, 2.75) is 27.2 Å². The van der Waals surface area contributed by atoms with Gasteiger partial charge in [0.2, 0.25) is 0 Å². The van der Waals surface area contributed by atoms with Crippen molar-refractivity contribution in [2.75, 3.05) is 0 Å². The number of aromatic nitrogens is 2. The van der Waals surface area contributed by atoms with Gasteiger partial charge < -0.3 is 5.11 Å². The number of fused-ring (bicyclic) bond motifs is 1. The number of hydrogen-bond acceptors (Lipinski definition) is 4. The molecule has 0 saturated heterocycles. The number of nitrogens with zero attached hydrogens (tertiary/aromatic N) is 4. The van der Waals surface area contributed by atoms with Crippen LogP contribution in [0.2, 0.25) is 0 Å². The third-order valence-corrected chi connectivity index (χ3v) is 3.88. The lowest BCUT2D eigenvalue weighted by Crippen LogP contribution is -2.00. The molecule has 0 saturated carbocycles. The zero-order chi connectivity index (χ0) is 17.3. The van der Waals surface area contributed by atoms with Gasteiger partial charge in [0.05, 0.1) is 17.8 Å². The van der Waals surface area contributed by atoms with Gasteiger partial charge in [-0.3, -0.25) is 9.20 Å². The Balaban J connectivity index is 2.08. The molecule has 2 heterocycles. The summed E-state index contributed by atoms with van der Waals surface area (Å²) in [6, 6.07) is 9.59. The number of aliphatic carboxylic acids is 1. The first kappa shape index (κ1) is 15.9. The molecule has 6 heteroatoms. The molecule has 1 aromatic carbocycles. The molecule has 122 valence electrons. The second-order valence-electron chi connectivity index (χ2n) is 5.86. The number of benzene rings is 1. The Morgan fingerprint density at radius 3 is 2.62 bits per heavy atom. The molecule has 0 radical (unpaired) electrons. The van der Waals surface area contributed by atoms with Crippen molar-refractivity contribution in [1.29, 1.82) is 0 Å². The average molecular weight is 322 g/mol. The van der Waals surface area contributed by atoms with E-state index in [9.17, 15) is 4.79 Å². The summed E-state index contributed by atoms with van der Waals surface area (Å²) in [6.07, 6.45) is 1.68. The van der Waals surface area contributed by atoms with Crippen LogP contribution in [0.5, 0.6) is 0 Å². The van der Waals surface area contributed by atoms with E-state index >= 15 is 0 Å². The Hall–Kier alpha value is -3.02. The van der Waals surface area contributed by atoms with E-state index in [0.717, 1.165) is 16.8 Å². The van der Waals surface area contributed by atoms with Crippen molar-refractivity contribution in [3.05, 3.63) is 58.9 Å². The second-order valence-corrected chi connectivity index (χ2v) is 5.86. The third-order valence-electron chi connectivity index (χ3n) is 3.88. The molecule has 0 aliphatic heterocycles. The number of carboxylic acid groups (broad SMARTS) is 1. The first-order valence-corrected chi connectivity index (χ1v) is 7.62. The summed E-state index contributed by atoms with van der Waals surface area (Å²) in [6.45, 7) is 6.01. The van der Waals surface area contributed by atoms with Gasteiger partial charge in [-0.25, -0.2) is 4.98 Å². The number of carboxylic acids is 1. The molecule has 0 aliphatic carbocycles. The fourth-order valence-corrected chi connectivity index (χ4v) is 2.45. The molecule has 0 unspecified atom stereocenters. The number of rotatable bonds is 4. The van der Waals surface area contributed by atoms with Gasteiger partial charge in [0.25, 0.3) is 0 Å². The van der Waals surface area contributed by atoms with Gasteiger partial charge in [0.15, 0.2) is 5.82 Å². The van der Waals surface area contributed by atoms with Crippen LogP contribution in [-0.4, -0.2) is 20.5 Å². The normalized spacial score (nSPS) is 11.5. The van der Waals surface area contributed by atoms with Crippen molar-refractivity contribution in [3.63, 3.8) is 0 Å². The number of azo groups is 1. The molecular formula is C18H18N4O2. The van der Waals surface area contributed by atoms with E-state index in [0.29, 0.717) is 17.2 Å². The highest BCUT2D eigenvalue weighted by Crippen LogP contribution is 2.26. The van der Waals surface area contributed by atoms with E-state index in [2.05, 4.69) is 15.2 Å². The quantitative estimate of drug-likeness (QED) is 0.727. The highest BCUT2D eigenvalue weighted by Gasteiger charge is 2.15. The highest BCUT2D eigenvalue weighted by molar-refractivity contribution is 5.72. The Bertz CT molecular complexity index is 957. The molecule has 6 nitrogen and oxygen atoms in total. The van der Waals surface area contributed by atoms with Crippen LogP contribution in [0.25, 0.3) is 5.65 Å². The number of hydrogen-bond donors (Lipinski definition) is 1. The monoisotopic (exact) mass is 322 g/mol. The first-order valence-electron chi connectivity index (χ1n) is 7.62. The van der Waals surface area contributed by atoms with Crippen LogP contribution in [0.1, 0.15) is 22.4 Å². The largest absolute Gasteiger partial charge is 0.481 e. The molecule has 0 bridgehead atoms. The van der Waals surface area contributed by atoms with Crippen LogP contribution >= 0.6 is 0 Å². The van der Waals surface area contributed by atoms with Gasteiger partial charge in [0.1, 0.15) is 5.65 Å². The van der Waals surface area contributed by atoms with Crippen molar-refractivity contribution in [3.8, 4) is 0 Å². The minimum atomic E-state index is -0.947. The van der Waals surface area contributed by atoms with Crippen molar-refractivity contribution in [2.24, 2.45) is 10.2 Å². The average Bonchev–Trinajstić information content (AvgIpc) is 2.84. The molecular weight excluding hydrogens is 304 g/mol. The fourth-order valence-electron chi connectivity index (χ4n) is 2.45. The van der Waals surface area contributed by atoms with Crippen LogP contribution in [0, 0.1) is 20.8 Å². The maximum absolute atomic E-state index is 11.1. The van der Waals surface area contributed by atoms with E-state index in [1.807, 2.05) is 57.3 Å². The molecule has 3 aromatic rings. The maximum Gasteiger partial charge on any atom is 0.309 e. The number of carbonyl (C=O) groups is 1. The highest BCUT2D eigenvalue weighted by atomic mass is 16.4. The lowest BCUT2D eigenvalue weighted by atomic mass is 10.1. The van der Waals surface area contributed by atoms with Gasteiger partial charge >= 0.3 is 5.97 Å². The van der Waals surface area contributed by atoms with E-state index in [-0.39, 0.29) is 6.42 Å². The predicted molar refractivity (Wildman–Crippen MR) is 91.4 cm³/mol. The number of aryl methyl sites for hydroxylation is 3. The van der Waals surface area contributed by atoms with Gasteiger partial charge in [-0.05, 0) is 55.7 Å². The summed E-state index contributed by atoms with van der Waals surface area (Å²) < 4.78 is 1.78. The molecule has 2 aromatic heterocycles. The van der Waals surface area contributed by atoms with E-state index in [1.165, 1.54) is 5.56 Å². The van der Waals surface area contributed by atoms with Crippen LogP contribution in [0.4, 0.5) is 11.5 Å². The van der Waals surface area contributed by atoms with Crippen LogP contribution in [-0.2, 0) is 11.2 Å². The summed E-state index contributed by atoms with van der Waals surface area (Å²) in [4.78, 5) is 15.5. The third kappa shape index (κ3) is 3.17. The molecule has 0 amide bonds. The zero-order valence-electron chi connectivity index (χ0n) is 13.8. The van der Waals surface area contributed by atoms with Crippen molar-refractivity contribution in [1.82, 2.24) is 9.38 Å². The van der Waals surface area contributed by atoms with E-state index in [4.69, 9.17) is 5.11 Å². The predicted octanol–water partition coefficient (Wildman–Crippen LogP) is 4.30. The fraction of sp³-hybridized carbons (Fsp3) is 0.222. The van der Waals surface area contributed by atoms with Crippen LogP contribution in [0.3, 0.4) is 0 Å². The number of pyridine rings is 1. The number of imidazole rings is 1. The second kappa shape index (κ2) is 6.23. The maximum atomic E-state index is 11.1. The van der Waals surface area contributed by atoms with Crippen LogP contribution in [0.15, 0.2) is 46.8 Å². The molecule has 0 spiro atoms. The summed E-state index contributed by atoms with van der Waals surface area (Å²) >= 11 is 0. The lowest BCUT2D eigenvalue weighted by molar-refractivity contribution is -0.136. The Labute approximate surface area is 139 Å². The van der Waals surface area contributed by atoms with Gasteiger partial charge in [-0.2, -0.15) is 0 Å². The van der Waals surface area contributed by atoms with E-state index in [1.54, 1.807) is 4.40 Å². The SMILES string of the molecule is Cc1ccc2nc(CC(=O)O)c(N=Nc3ccc(C)c(C)c3)n2c1. The minimum absolute atomic E-state index is 0.192. The Kier molecular flexibility index (Phi) is 4.12. The molecule has 24 heavy (non-hydrogen) atoms. The van der Waals surface area contributed by atoms with Gasteiger partial charge in [-0.1, -0.05) is 12.1 Å². The standard InChI is InChI=1S/C18H18N4O2/c1-11-4-7-16-19-15(9-17(23)24)18(22(16)10-11)21-20-14-6-5-12(2)13(3)8-14/h4-8,10H,9H2,1-3H3,(H,23,24). The minimum Gasteiger partial charge on any atom is -0.481 e. The summed E-state index contributed by atoms with van der Waals surface area (Å²) in [7, 11) is 0.